The molecule has 0 saturated carbocycles. The van der Waals surface area contributed by atoms with Crippen molar-refractivity contribution in [1.82, 2.24) is 19.8 Å². The highest BCUT2D eigenvalue weighted by Crippen LogP contribution is 2.25. The summed E-state index contributed by atoms with van der Waals surface area (Å²) in [6.07, 6.45) is 11.2. The number of fused-ring (bicyclic) bond motifs is 1. The largest absolute Gasteiger partial charge is 0.438 e. The highest BCUT2D eigenvalue weighted by Gasteiger charge is 2.21. The smallest absolute Gasteiger partial charge is 0.311 e. The topological polar surface area (TPSA) is 93.5 Å². The molecule has 1 aromatic carbocycles. The molecule has 0 fully saturated rings. The van der Waals surface area contributed by atoms with Crippen LogP contribution in [-0.4, -0.2) is 39.3 Å². The molecule has 8 nitrogen and oxygen atoms in total. The molecule has 2 aromatic heterocycles. The Hall–Kier alpha value is -2.58. The molecule has 0 aliphatic rings. The number of ether oxygens (including phenoxy) is 2. The number of hydrogen-bond donors (Lipinski definition) is 2. The van der Waals surface area contributed by atoms with E-state index in [-0.39, 0.29) is 25.4 Å². The minimum atomic E-state index is -0.130. The quantitative estimate of drug-likeness (QED) is 0.0849. The average molecular weight is 574 g/mol. The number of aromatic amines is 1. The molecule has 222 valence electrons. The summed E-state index contributed by atoms with van der Waals surface area (Å²) in [6, 6.07) is 7.79. The number of aromatic nitrogens is 4. The number of carbonyl (C=O) groups excluding carboxylic acids is 1. The number of anilines is 1. The Kier molecular flexibility index (Phi) is 13.3. The number of esters is 1. The lowest BCUT2D eigenvalue weighted by Gasteiger charge is -2.19. The number of aryl methyl sites for hydroxylation is 1. The van der Waals surface area contributed by atoms with E-state index in [1.54, 1.807) is 0 Å². The maximum absolute atomic E-state index is 12.9. The lowest BCUT2D eigenvalue weighted by molar-refractivity contribution is -0.161. The Morgan fingerprint density at radius 2 is 1.65 bits per heavy atom. The summed E-state index contributed by atoms with van der Waals surface area (Å²) >= 11 is 6.27. The van der Waals surface area contributed by atoms with Gasteiger partial charge in [0.05, 0.1) is 11.6 Å². The normalized spacial score (nSPS) is 13.8. The lowest BCUT2D eigenvalue weighted by Crippen LogP contribution is -2.21. The first-order valence-electron chi connectivity index (χ1n) is 15.0. The van der Waals surface area contributed by atoms with Gasteiger partial charge < -0.3 is 19.8 Å². The summed E-state index contributed by atoms with van der Waals surface area (Å²) < 4.78 is 12.6. The fraction of sp³-hybridized carbons (Fsp3) is 0.645. The molecule has 0 saturated heterocycles. The van der Waals surface area contributed by atoms with Crippen LogP contribution in [-0.2, 0) is 14.3 Å². The number of nitrogens with one attached hydrogen (secondary N) is 2. The van der Waals surface area contributed by atoms with Crippen molar-refractivity contribution in [3.8, 4) is 11.4 Å². The summed E-state index contributed by atoms with van der Waals surface area (Å²) in [7, 11) is 0. The molecule has 0 radical (unpaired) electrons. The Bertz CT molecular complexity index is 1160. The Morgan fingerprint density at radius 3 is 2.33 bits per heavy atom. The third-order valence-corrected chi connectivity index (χ3v) is 8.08. The van der Waals surface area contributed by atoms with Crippen LogP contribution in [0.4, 0.5) is 5.69 Å². The van der Waals surface area contributed by atoms with Gasteiger partial charge in [-0.3, -0.25) is 4.79 Å². The molecule has 3 rings (SSSR count). The van der Waals surface area contributed by atoms with Crippen LogP contribution in [0.25, 0.3) is 17.0 Å². The third-order valence-electron chi connectivity index (χ3n) is 7.63. The molecule has 9 heteroatoms. The number of hydrogen-bond acceptors (Lipinski definition) is 6. The van der Waals surface area contributed by atoms with Crippen molar-refractivity contribution in [2.24, 2.45) is 17.8 Å². The second-order valence-electron chi connectivity index (χ2n) is 11.2. The van der Waals surface area contributed by atoms with Crippen LogP contribution in [0.1, 0.15) is 97.6 Å². The highest BCUT2D eigenvalue weighted by atomic mass is 35.5. The summed E-state index contributed by atoms with van der Waals surface area (Å²) in [5.74, 6) is 1.91. The molecule has 0 amide bonds. The minimum absolute atomic E-state index is 0.0480. The van der Waals surface area contributed by atoms with Gasteiger partial charge in [-0.2, -0.15) is 5.10 Å². The SMILES string of the molecule is CCCC(C)CCCCC(CCC(C)CCC)C(=O)OCOCNc1ccc(-c2nn3nc(C)c(Cl)c3[nH]2)cc1. The van der Waals surface area contributed by atoms with Crippen molar-refractivity contribution in [3.05, 3.63) is 35.0 Å². The molecule has 2 N–H and O–H groups in total. The zero-order chi connectivity index (χ0) is 28.9. The second-order valence-corrected chi connectivity index (χ2v) is 11.6. The summed E-state index contributed by atoms with van der Waals surface area (Å²) in [5, 5.41) is 12.5. The zero-order valence-electron chi connectivity index (χ0n) is 25.0. The maximum Gasteiger partial charge on any atom is 0.311 e. The van der Waals surface area contributed by atoms with Gasteiger partial charge in [-0.15, -0.1) is 9.73 Å². The standard InChI is InChI=1S/C31H48ClN5O3/c1-6-10-22(3)12-8-9-13-26(15-14-23(4)11-7-2)31(38)40-21-39-20-33-27-18-16-25(17-19-27)29-34-30-28(32)24(5)35-37(30)36-29/h16-19,22-23,26,33H,6-15,20-21H2,1-5H3,(H,34,36). The van der Waals surface area contributed by atoms with E-state index in [2.05, 4.69) is 48.2 Å². The van der Waals surface area contributed by atoms with Gasteiger partial charge in [0.2, 0.25) is 0 Å². The monoisotopic (exact) mass is 573 g/mol. The van der Waals surface area contributed by atoms with Gasteiger partial charge in [0.1, 0.15) is 11.8 Å². The minimum Gasteiger partial charge on any atom is -0.438 e. The molecular weight excluding hydrogens is 526 g/mol. The van der Waals surface area contributed by atoms with Crippen molar-refractivity contribution >= 4 is 28.9 Å². The van der Waals surface area contributed by atoms with Gasteiger partial charge in [0.15, 0.2) is 18.3 Å². The van der Waals surface area contributed by atoms with Crippen LogP contribution in [0.3, 0.4) is 0 Å². The number of rotatable bonds is 19. The molecule has 40 heavy (non-hydrogen) atoms. The van der Waals surface area contributed by atoms with Gasteiger partial charge in [-0.1, -0.05) is 84.2 Å². The van der Waals surface area contributed by atoms with Crippen LogP contribution >= 0.6 is 11.6 Å². The highest BCUT2D eigenvalue weighted by molar-refractivity contribution is 6.34. The fourth-order valence-electron chi connectivity index (χ4n) is 5.20. The number of unbranched alkanes of at least 4 members (excludes halogenated alkanes) is 1. The van der Waals surface area contributed by atoms with Crippen LogP contribution in [0, 0.1) is 24.7 Å². The molecule has 3 unspecified atom stereocenters. The van der Waals surface area contributed by atoms with Crippen LogP contribution in [0.15, 0.2) is 24.3 Å². The van der Waals surface area contributed by atoms with Crippen molar-refractivity contribution < 1.29 is 14.3 Å². The number of benzene rings is 1. The molecule has 3 atom stereocenters. The number of halogens is 1. The summed E-state index contributed by atoms with van der Waals surface area (Å²) in [6.45, 7) is 11.1. The lowest BCUT2D eigenvalue weighted by atomic mass is 9.90. The van der Waals surface area contributed by atoms with Gasteiger partial charge >= 0.3 is 5.97 Å². The van der Waals surface area contributed by atoms with E-state index in [0.29, 0.717) is 22.4 Å². The van der Waals surface area contributed by atoms with Gasteiger partial charge in [-0.05, 0) is 62.3 Å². The van der Waals surface area contributed by atoms with E-state index in [1.807, 2.05) is 31.2 Å². The fourth-order valence-corrected chi connectivity index (χ4v) is 5.36. The Labute approximate surface area is 244 Å². The van der Waals surface area contributed by atoms with Crippen LogP contribution in [0.2, 0.25) is 5.02 Å². The average Bonchev–Trinajstić information content (AvgIpc) is 3.46. The zero-order valence-corrected chi connectivity index (χ0v) is 25.7. The van der Waals surface area contributed by atoms with E-state index in [0.717, 1.165) is 48.5 Å². The number of H-pyrrole nitrogens is 1. The second kappa shape index (κ2) is 16.6. The summed E-state index contributed by atoms with van der Waals surface area (Å²) in [5.41, 5.74) is 3.22. The van der Waals surface area contributed by atoms with Gasteiger partial charge in [0, 0.05) is 11.3 Å². The Morgan fingerprint density at radius 1 is 0.975 bits per heavy atom. The van der Waals surface area contributed by atoms with Gasteiger partial charge in [-0.25, -0.2) is 0 Å². The van der Waals surface area contributed by atoms with Crippen molar-refractivity contribution in [3.63, 3.8) is 0 Å². The molecule has 0 aliphatic heterocycles. The van der Waals surface area contributed by atoms with E-state index in [9.17, 15) is 4.79 Å². The van der Waals surface area contributed by atoms with Crippen molar-refractivity contribution in [1.29, 1.82) is 0 Å². The molecule has 3 aromatic rings. The molecule has 0 spiro atoms. The maximum atomic E-state index is 12.9. The van der Waals surface area contributed by atoms with E-state index >= 15 is 0 Å². The van der Waals surface area contributed by atoms with E-state index in [4.69, 9.17) is 21.1 Å². The van der Waals surface area contributed by atoms with Crippen molar-refractivity contribution in [2.45, 2.75) is 98.8 Å². The van der Waals surface area contributed by atoms with Crippen molar-refractivity contribution in [2.75, 3.05) is 18.8 Å². The van der Waals surface area contributed by atoms with E-state index < -0.39 is 0 Å². The number of carbonyl (C=O) groups is 1. The summed E-state index contributed by atoms with van der Waals surface area (Å²) in [4.78, 5) is 16.1. The molecular formula is C31H48ClN5O3. The molecule has 0 aliphatic carbocycles. The molecule has 2 heterocycles. The molecule has 0 bridgehead atoms. The predicted octanol–water partition coefficient (Wildman–Crippen LogP) is 8.40. The number of nitrogens with zero attached hydrogens (tertiary/aromatic N) is 3. The van der Waals surface area contributed by atoms with E-state index in [1.165, 1.54) is 43.2 Å². The first-order valence-corrected chi connectivity index (χ1v) is 15.4. The first-order chi connectivity index (χ1) is 19.3. The first kappa shape index (κ1) is 31.9. The van der Waals surface area contributed by atoms with Crippen LogP contribution < -0.4 is 5.32 Å². The van der Waals surface area contributed by atoms with Crippen LogP contribution in [0.5, 0.6) is 0 Å². The predicted molar refractivity (Wildman–Crippen MR) is 162 cm³/mol. The Balaban J connectivity index is 1.40. The third kappa shape index (κ3) is 9.81. The van der Waals surface area contributed by atoms with Gasteiger partial charge in [0.25, 0.3) is 0 Å².